The molecule has 0 spiro atoms. The quantitative estimate of drug-likeness (QED) is 0.303. The van der Waals surface area contributed by atoms with Gasteiger partial charge in [0.2, 0.25) is 0 Å². The van der Waals surface area contributed by atoms with Crippen LogP contribution in [0.4, 0.5) is 0 Å². The number of nitrogens with zero attached hydrogens (tertiary/aromatic N) is 4. The molecule has 0 fully saturated rings. The molecule has 1 aliphatic heterocycles. The largest absolute Gasteiger partial charge is 0.497 e. The van der Waals surface area contributed by atoms with Crippen LogP contribution in [0.1, 0.15) is 51.7 Å². The molecular formula is C22H35IN6O2. The van der Waals surface area contributed by atoms with E-state index in [1.165, 1.54) is 0 Å². The molecule has 0 bridgehead atoms. The van der Waals surface area contributed by atoms with Gasteiger partial charge < -0.3 is 20.1 Å². The van der Waals surface area contributed by atoms with Crippen LogP contribution in [0.3, 0.4) is 0 Å². The Morgan fingerprint density at radius 2 is 1.94 bits per heavy atom. The molecule has 0 saturated heterocycles. The number of ether oxygens (including phenoxy) is 2. The summed E-state index contributed by atoms with van der Waals surface area (Å²) in [6, 6.07) is 7.87. The van der Waals surface area contributed by atoms with Crippen molar-refractivity contribution in [1.82, 2.24) is 25.4 Å². The molecule has 0 saturated carbocycles. The Kier molecular flexibility index (Phi) is 9.86. The van der Waals surface area contributed by atoms with Gasteiger partial charge in [0.1, 0.15) is 23.4 Å². The summed E-state index contributed by atoms with van der Waals surface area (Å²) in [5.41, 5.74) is 0. The number of fused-ring (bicyclic) bond motifs is 1. The zero-order valence-corrected chi connectivity index (χ0v) is 21.4. The van der Waals surface area contributed by atoms with Crippen molar-refractivity contribution in [2.45, 2.75) is 65.1 Å². The second-order valence-electron chi connectivity index (χ2n) is 7.93. The Morgan fingerprint density at radius 3 is 2.58 bits per heavy atom. The summed E-state index contributed by atoms with van der Waals surface area (Å²) in [5, 5.41) is 11.5. The second-order valence-corrected chi connectivity index (χ2v) is 7.93. The van der Waals surface area contributed by atoms with Crippen LogP contribution in [0.2, 0.25) is 0 Å². The molecule has 2 N–H and O–H groups in total. The minimum Gasteiger partial charge on any atom is -0.497 e. The highest BCUT2D eigenvalue weighted by atomic mass is 127. The normalized spacial score (nSPS) is 16.8. The second kappa shape index (κ2) is 12.1. The number of hydrogen-bond acceptors (Lipinski definition) is 5. The number of rotatable bonds is 8. The van der Waals surface area contributed by atoms with E-state index in [-0.39, 0.29) is 36.1 Å². The Bertz CT molecular complexity index is 837. The number of nitrogens with one attached hydrogen (secondary N) is 2. The third-order valence-electron chi connectivity index (χ3n) is 4.98. The molecule has 2 aromatic rings. The third-order valence-corrected chi connectivity index (χ3v) is 4.98. The number of aryl methyl sites for hydroxylation is 1. The third kappa shape index (κ3) is 7.26. The van der Waals surface area contributed by atoms with E-state index in [1.54, 1.807) is 7.11 Å². The standard InChI is InChI=1S/C22H34N6O2.HI/c1-6-23-22(24-13-16(4)30-19-10-8-18(29-5)9-11-19)25-17-7-12-20-26-21(15(2)3)27-28(20)14-17;/h8-11,15-17H,6-7,12-14H2,1-5H3,(H2,23,24,25);1H. The van der Waals surface area contributed by atoms with Crippen LogP contribution in [0.15, 0.2) is 29.3 Å². The van der Waals surface area contributed by atoms with Gasteiger partial charge in [-0.15, -0.1) is 24.0 Å². The van der Waals surface area contributed by atoms with Gasteiger partial charge in [-0.25, -0.2) is 14.7 Å². The lowest BCUT2D eigenvalue weighted by Crippen LogP contribution is -2.47. The van der Waals surface area contributed by atoms with Crippen LogP contribution in [-0.2, 0) is 13.0 Å². The van der Waals surface area contributed by atoms with Crippen LogP contribution in [-0.4, -0.2) is 53.1 Å². The molecule has 2 unspecified atom stereocenters. The fourth-order valence-electron chi connectivity index (χ4n) is 3.35. The number of aromatic nitrogens is 3. The van der Waals surface area contributed by atoms with Crippen molar-refractivity contribution in [1.29, 1.82) is 0 Å². The van der Waals surface area contributed by atoms with Crippen LogP contribution in [0.25, 0.3) is 0 Å². The van der Waals surface area contributed by atoms with Crippen molar-refractivity contribution in [3.8, 4) is 11.5 Å². The fraction of sp³-hybridized carbons (Fsp3) is 0.591. The van der Waals surface area contributed by atoms with Crippen molar-refractivity contribution in [3.05, 3.63) is 35.9 Å². The van der Waals surface area contributed by atoms with Gasteiger partial charge >= 0.3 is 0 Å². The maximum atomic E-state index is 5.96. The molecule has 0 amide bonds. The monoisotopic (exact) mass is 542 g/mol. The lowest BCUT2D eigenvalue weighted by atomic mass is 10.1. The lowest BCUT2D eigenvalue weighted by molar-refractivity contribution is 0.230. The fourth-order valence-corrected chi connectivity index (χ4v) is 3.35. The minimum absolute atomic E-state index is 0. The van der Waals surface area contributed by atoms with E-state index in [0.29, 0.717) is 12.5 Å². The van der Waals surface area contributed by atoms with Crippen LogP contribution >= 0.6 is 24.0 Å². The van der Waals surface area contributed by atoms with Crippen molar-refractivity contribution in [2.75, 3.05) is 20.2 Å². The maximum Gasteiger partial charge on any atom is 0.191 e. The number of guanidine groups is 1. The summed E-state index contributed by atoms with van der Waals surface area (Å²) >= 11 is 0. The summed E-state index contributed by atoms with van der Waals surface area (Å²) in [7, 11) is 1.65. The van der Waals surface area contributed by atoms with Gasteiger partial charge in [-0.3, -0.25) is 0 Å². The van der Waals surface area contributed by atoms with Gasteiger partial charge in [0, 0.05) is 24.9 Å². The topological polar surface area (TPSA) is 85.6 Å². The van der Waals surface area contributed by atoms with E-state index in [4.69, 9.17) is 14.5 Å². The zero-order chi connectivity index (χ0) is 21.5. The summed E-state index contributed by atoms with van der Waals surface area (Å²) in [4.78, 5) is 9.39. The van der Waals surface area contributed by atoms with Gasteiger partial charge in [-0.2, -0.15) is 5.10 Å². The van der Waals surface area contributed by atoms with Crippen LogP contribution < -0.4 is 20.1 Å². The van der Waals surface area contributed by atoms with E-state index in [1.807, 2.05) is 35.9 Å². The molecule has 172 valence electrons. The molecule has 0 aliphatic carbocycles. The smallest absolute Gasteiger partial charge is 0.191 e. The first kappa shape index (κ1) is 25.2. The average molecular weight is 542 g/mol. The van der Waals surface area contributed by atoms with Gasteiger partial charge in [0.15, 0.2) is 11.8 Å². The van der Waals surface area contributed by atoms with Gasteiger partial charge in [0.05, 0.1) is 20.2 Å². The number of halogens is 1. The van der Waals surface area contributed by atoms with Gasteiger partial charge in [-0.1, -0.05) is 13.8 Å². The predicted octanol–water partition coefficient (Wildman–Crippen LogP) is 3.37. The van der Waals surface area contributed by atoms with E-state index < -0.39 is 0 Å². The van der Waals surface area contributed by atoms with Crippen LogP contribution in [0, 0.1) is 0 Å². The maximum absolute atomic E-state index is 5.96. The van der Waals surface area contributed by atoms with E-state index >= 15 is 0 Å². The predicted molar refractivity (Wildman–Crippen MR) is 134 cm³/mol. The summed E-state index contributed by atoms with van der Waals surface area (Å²) < 4.78 is 13.2. The minimum atomic E-state index is -0.0456. The highest BCUT2D eigenvalue weighted by Gasteiger charge is 2.23. The van der Waals surface area contributed by atoms with Gasteiger partial charge in [0.25, 0.3) is 0 Å². The van der Waals surface area contributed by atoms with Crippen LogP contribution in [0.5, 0.6) is 11.5 Å². The van der Waals surface area contributed by atoms with Gasteiger partial charge in [-0.05, 0) is 44.5 Å². The number of benzene rings is 1. The Balaban J connectivity index is 0.00000341. The van der Waals surface area contributed by atoms with E-state index in [0.717, 1.165) is 55.0 Å². The van der Waals surface area contributed by atoms with E-state index in [2.05, 4.69) is 41.5 Å². The molecule has 1 aromatic carbocycles. The Hall–Kier alpha value is -2.04. The summed E-state index contributed by atoms with van der Waals surface area (Å²) in [6.45, 7) is 10.5. The number of hydrogen-bond donors (Lipinski definition) is 2. The Morgan fingerprint density at radius 1 is 1.23 bits per heavy atom. The van der Waals surface area contributed by atoms with Crippen molar-refractivity contribution in [3.63, 3.8) is 0 Å². The molecule has 0 radical (unpaired) electrons. The lowest BCUT2D eigenvalue weighted by Gasteiger charge is -2.25. The average Bonchev–Trinajstić information content (AvgIpc) is 3.17. The van der Waals surface area contributed by atoms with Crippen molar-refractivity contribution < 1.29 is 9.47 Å². The first-order valence-electron chi connectivity index (χ1n) is 10.8. The van der Waals surface area contributed by atoms with Crippen molar-refractivity contribution in [2.24, 2.45) is 4.99 Å². The number of methoxy groups -OCH3 is 1. The molecule has 2 heterocycles. The SMILES string of the molecule is CCNC(=NCC(C)Oc1ccc(OC)cc1)NC1CCc2nc(C(C)C)nn2C1.I. The number of aliphatic imine (C=N–C) groups is 1. The summed E-state index contributed by atoms with van der Waals surface area (Å²) in [5.74, 6) is 4.79. The highest BCUT2D eigenvalue weighted by Crippen LogP contribution is 2.19. The molecule has 2 atom stereocenters. The molecule has 9 heteroatoms. The Labute approximate surface area is 202 Å². The first-order chi connectivity index (χ1) is 14.5. The first-order valence-corrected chi connectivity index (χ1v) is 10.8. The molecule has 3 rings (SSSR count). The molecule has 1 aliphatic rings. The molecular weight excluding hydrogens is 507 g/mol. The molecule has 8 nitrogen and oxygen atoms in total. The zero-order valence-electron chi connectivity index (χ0n) is 19.1. The highest BCUT2D eigenvalue weighted by molar-refractivity contribution is 14.0. The molecule has 1 aromatic heterocycles. The van der Waals surface area contributed by atoms with E-state index in [9.17, 15) is 0 Å². The summed E-state index contributed by atoms with van der Waals surface area (Å²) in [6.07, 6.45) is 1.89. The molecule has 31 heavy (non-hydrogen) atoms. The van der Waals surface area contributed by atoms with Crippen molar-refractivity contribution >= 4 is 29.9 Å².